The van der Waals surface area contributed by atoms with E-state index in [0.29, 0.717) is 12.7 Å². The molecule has 4 nitrogen and oxygen atoms in total. The maximum Gasteiger partial charge on any atom is 0.267 e. The van der Waals surface area contributed by atoms with Gasteiger partial charge in [-0.1, -0.05) is 116 Å². The molecular formula is C22H43NO3. The molecule has 0 aromatic carbocycles. The van der Waals surface area contributed by atoms with Crippen molar-refractivity contribution in [3.63, 3.8) is 0 Å². The number of hydrogen-bond donors (Lipinski definition) is 0. The lowest BCUT2D eigenvalue weighted by Gasteiger charge is -2.04. The molecule has 1 atom stereocenters. The number of carbonyl (C=O) groups excluding carboxylic acids is 1. The molecule has 0 radical (unpaired) electrons. The van der Waals surface area contributed by atoms with Gasteiger partial charge in [-0.05, 0) is 6.42 Å². The molecule has 0 saturated carbocycles. The Balaban J connectivity index is 3.11. The summed E-state index contributed by atoms with van der Waals surface area (Å²) in [5.41, 5.74) is 0. The van der Waals surface area contributed by atoms with Crippen LogP contribution in [0.3, 0.4) is 0 Å². The summed E-state index contributed by atoms with van der Waals surface area (Å²) >= 11 is 0. The third-order valence-electron chi connectivity index (χ3n) is 5.28. The number of hydrogen-bond acceptors (Lipinski definition) is 3. The van der Waals surface area contributed by atoms with Crippen molar-refractivity contribution in [3.05, 3.63) is 10.1 Å². The molecule has 0 aliphatic carbocycles. The smallest absolute Gasteiger partial charge is 0.267 e. The van der Waals surface area contributed by atoms with E-state index >= 15 is 0 Å². The lowest BCUT2D eigenvalue weighted by atomic mass is 10.0. The average Bonchev–Trinajstić information content (AvgIpc) is 2.63. The molecule has 0 N–H and O–H groups in total. The standard InChI is InChI=1S/C22H43NO3/c1-2-3-4-5-6-7-8-9-10-11-12-13-14-15-16-17-18-19-20-22(21-24)23(25)26/h21-22H,2-20H2,1H3. The van der Waals surface area contributed by atoms with Crippen molar-refractivity contribution in [1.82, 2.24) is 0 Å². The summed E-state index contributed by atoms with van der Waals surface area (Å²) in [6, 6.07) is -0.990. The van der Waals surface area contributed by atoms with Crippen LogP contribution in [-0.4, -0.2) is 17.3 Å². The van der Waals surface area contributed by atoms with E-state index in [2.05, 4.69) is 6.92 Å². The zero-order valence-electron chi connectivity index (χ0n) is 17.3. The highest BCUT2D eigenvalue weighted by Gasteiger charge is 2.17. The van der Waals surface area contributed by atoms with Crippen LogP contribution < -0.4 is 0 Å². The summed E-state index contributed by atoms with van der Waals surface area (Å²) in [6.45, 7) is 2.27. The Morgan fingerprint density at radius 3 is 1.23 bits per heavy atom. The quantitative estimate of drug-likeness (QED) is 0.0925. The molecule has 154 valence electrons. The number of carbonyl (C=O) groups is 1. The van der Waals surface area contributed by atoms with Gasteiger partial charge in [0, 0.05) is 11.3 Å². The van der Waals surface area contributed by atoms with Crippen LogP contribution in [0.1, 0.15) is 129 Å². The first kappa shape index (κ1) is 25.1. The van der Waals surface area contributed by atoms with Crippen LogP contribution in [0.4, 0.5) is 0 Å². The van der Waals surface area contributed by atoms with Gasteiger partial charge in [0.05, 0.1) is 0 Å². The van der Waals surface area contributed by atoms with E-state index < -0.39 is 11.0 Å². The Bertz CT molecular complexity index is 321. The fourth-order valence-corrected chi connectivity index (χ4v) is 3.48. The van der Waals surface area contributed by atoms with Gasteiger partial charge in [-0.15, -0.1) is 0 Å². The summed E-state index contributed by atoms with van der Waals surface area (Å²) in [4.78, 5) is 20.6. The lowest BCUT2D eigenvalue weighted by Crippen LogP contribution is -2.20. The summed E-state index contributed by atoms with van der Waals surface area (Å²) in [5.74, 6) is 0. The molecule has 0 heterocycles. The van der Waals surface area contributed by atoms with Gasteiger partial charge >= 0.3 is 0 Å². The van der Waals surface area contributed by atoms with E-state index in [1.54, 1.807) is 0 Å². The minimum atomic E-state index is -0.990. The Kier molecular flexibility index (Phi) is 19.7. The summed E-state index contributed by atoms with van der Waals surface area (Å²) in [6.07, 6.45) is 24.5. The lowest BCUT2D eigenvalue weighted by molar-refractivity contribution is -0.506. The highest BCUT2D eigenvalue weighted by atomic mass is 16.6. The second kappa shape index (κ2) is 20.4. The molecule has 0 bridgehead atoms. The molecule has 0 fully saturated rings. The van der Waals surface area contributed by atoms with E-state index in [-0.39, 0.29) is 0 Å². The van der Waals surface area contributed by atoms with Gasteiger partial charge in [-0.25, -0.2) is 0 Å². The molecule has 1 unspecified atom stereocenters. The molecule has 0 aliphatic rings. The fourth-order valence-electron chi connectivity index (χ4n) is 3.48. The van der Waals surface area contributed by atoms with E-state index in [4.69, 9.17) is 0 Å². The van der Waals surface area contributed by atoms with Gasteiger partial charge in [0.1, 0.15) is 0 Å². The molecule has 4 heteroatoms. The summed E-state index contributed by atoms with van der Waals surface area (Å²) in [5, 5.41) is 10.5. The maximum atomic E-state index is 10.5. The molecule has 0 amide bonds. The predicted octanol–water partition coefficient (Wildman–Crippen LogP) is 7.26. The number of nitrogens with zero attached hydrogens (tertiary/aromatic N) is 1. The third-order valence-corrected chi connectivity index (χ3v) is 5.28. The first-order valence-corrected chi connectivity index (χ1v) is 11.3. The topological polar surface area (TPSA) is 60.2 Å². The van der Waals surface area contributed by atoms with Crippen LogP contribution in [-0.2, 0) is 4.79 Å². The van der Waals surface area contributed by atoms with Crippen molar-refractivity contribution in [2.24, 2.45) is 0 Å². The molecule has 0 saturated heterocycles. The van der Waals surface area contributed by atoms with E-state index in [1.807, 2.05) is 0 Å². The van der Waals surface area contributed by atoms with Gasteiger partial charge in [-0.3, -0.25) is 14.9 Å². The molecular weight excluding hydrogens is 326 g/mol. The molecule has 0 aliphatic heterocycles. The van der Waals surface area contributed by atoms with Crippen LogP contribution >= 0.6 is 0 Å². The van der Waals surface area contributed by atoms with Gasteiger partial charge in [-0.2, -0.15) is 0 Å². The van der Waals surface area contributed by atoms with E-state index in [9.17, 15) is 14.9 Å². The first-order valence-electron chi connectivity index (χ1n) is 11.3. The Morgan fingerprint density at radius 2 is 0.962 bits per heavy atom. The molecule has 26 heavy (non-hydrogen) atoms. The van der Waals surface area contributed by atoms with Gasteiger partial charge in [0.25, 0.3) is 6.04 Å². The number of unbranched alkanes of at least 4 members (excludes halogenated alkanes) is 17. The fraction of sp³-hybridized carbons (Fsp3) is 0.955. The van der Waals surface area contributed by atoms with Crippen LogP contribution in [0.25, 0.3) is 0 Å². The van der Waals surface area contributed by atoms with Crippen molar-refractivity contribution in [3.8, 4) is 0 Å². The minimum absolute atomic E-state index is 0.398. The van der Waals surface area contributed by atoms with Crippen molar-refractivity contribution < 1.29 is 9.72 Å². The van der Waals surface area contributed by atoms with Gasteiger partial charge < -0.3 is 0 Å². The molecule has 0 aromatic rings. The normalized spacial score (nSPS) is 12.2. The highest BCUT2D eigenvalue weighted by molar-refractivity contribution is 5.55. The van der Waals surface area contributed by atoms with Crippen LogP contribution in [0, 0.1) is 10.1 Å². The highest BCUT2D eigenvalue weighted by Crippen LogP contribution is 2.14. The van der Waals surface area contributed by atoms with E-state index in [1.165, 1.54) is 96.3 Å². The van der Waals surface area contributed by atoms with Crippen LogP contribution in [0.2, 0.25) is 0 Å². The van der Waals surface area contributed by atoms with Crippen molar-refractivity contribution in [2.45, 2.75) is 135 Å². The number of nitro groups is 1. The van der Waals surface area contributed by atoms with E-state index in [0.717, 1.165) is 19.3 Å². The van der Waals surface area contributed by atoms with Gasteiger partial charge in [0.2, 0.25) is 0 Å². The zero-order valence-corrected chi connectivity index (χ0v) is 17.3. The van der Waals surface area contributed by atoms with Crippen LogP contribution in [0.5, 0.6) is 0 Å². The Hall–Kier alpha value is -0.930. The molecule has 0 aromatic heterocycles. The summed E-state index contributed by atoms with van der Waals surface area (Å²) < 4.78 is 0. The Labute approximate surface area is 161 Å². The van der Waals surface area contributed by atoms with Crippen molar-refractivity contribution in [2.75, 3.05) is 0 Å². The predicted molar refractivity (Wildman–Crippen MR) is 110 cm³/mol. The first-order chi connectivity index (χ1) is 12.7. The van der Waals surface area contributed by atoms with Crippen molar-refractivity contribution >= 4 is 6.29 Å². The monoisotopic (exact) mass is 369 g/mol. The second-order valence-corrected chi connectivity index (χ2v) is 7.79. The number of rotatable bonds is 21. The average molecular weight is 370 g/mol. The Morgan fingerprint density at radius 1 is 0.654 bits per heavy atom. The number of aldehydes is 1. The minimum Gasteiger partial charge on any atom is -0.296 e. The largest absolute Gasteiger partial charge is 0.296 e. The summed E-state index contributed by atoms with van der Waals surface area (Å²) in [7, 11) is 0. The van der Waals surface area contributed by atoms with Gasteiger partial charge in [0.15, 0.2) is 6.29 Å². The van der Waals surface area contributed by atoms with Crippen molar-refractivity contribution in [1.29, 1.82) is 0 Å². The zero-order chi connectivity index (χ0) is 19.3. The third kappa shape index (κ3) is 17.9. The molecule has 0 rings (SSSR count). The maximum absolute atomic E-state index is 10.5. The van der Waals surface area contributed by atoms with Crippen LogP contribution in [0.15, 0.2) is 0 Å². The second-order valence-electron chi connectivity index (χ2n) is 7.79. The molecule has 0 spiro atoms. The SMILES string of the molecule is CCCCCCCCCCCCCCCCCCCCC(C=O)[N+](=O)[O-].